The number of urea groups is 1. The van der Waals surface area contributed by atoms with Gasteiger partial charge in [-0.1, -0.05) is 36.8 Å². The van der Waals surface area contributed by atoms with Gasteiger partial charge in [-0.25, -0.2) is 4.79 Å². The number of rotatable bonds is 5. The van der Waals surface area contributed by atoms with Crippen molar-refractivity contribution in [3.63, 3.8) is 0 Å². The van der Waals surface area contributed by atoms with E-state index in [9.17, 15) is 14.7 Å². The molecule has 6 nitrogen and oxygen atoms in total. The van der Waals surface area contributed by atoms with E-state index < -0.39 is 17.4 Å². The molecule has 0 saturated heterocycles. The summed E-state index contributed by atoms with van der Waals surface area (Å²) in [5, 5.41) is 14.7. The molecule has 3 rings (SSSR count). The summed E-state index contributed by atoms with van der Waals surface area (Å²) in [7, 11) is 0. The molecule has 24 heavy (non-hydrogen) atoms. The van der Waals surface area contributed by atoms with Crippen LogP contribution < -0.4 is 10.6 Å². The number of nitrogens with one attached hydrogen (secondary N) is 2. The molecule has 1 aromatic carbocycles. The van der Waals surface area contributed by atoms with Crippen molar-refractivity contribution in [2.24, 2.45) is 5.41 Å². The van der Waals surface area contributed by atoms with E-state index in [0.717, 1.165) is 17.7 Å². The van der Waals surface area contributed by atoms with Gasteiger partial charge in [0.15, 0.2) is 0 Å². The van der Waals surface area contributed by atoms with Gasteiger partial charge in [-0.2, -0.15) is 0 Å². The van der Waals surface area contributed by atoms with E-state index in [1.54, 1.807) is 18.3 Å². The second-order valence-corrected chi connectivity index (χ2v) is 6.04. The highest BCUT2D eigenvalue weighted by Crippen LogP contribution is 2.40. The summed E-state index contributed by atoms with van der Waals surface area (Å²) in [5.74, 6) is -0.843. The van der Waals surface area contributed by atoms with Crippen LogP contribution in [-0.2, 0) is 4.79 Å². The third-order valence-electron chi connectivity index (χ3n) is 4.44. The number of anilines is 1. The molecule has 3 N–H and O–H groups in total. The van der Waals surface area contributed by atoms with Crippen molar-refractivity contribution in [2.45, 2.75) is 19.3 Å². The molecule has 2 amide bonds. The third kappa shape index (κ3) is 3.37. The Bertz CT molecular complexity index is 742. The van der Waals surface area contributed by atoms with Crippen molar-refractivity contribution in [1.82, 2.24) is 10.3 Å². The first kappa shape index (κ1) is 16.0. The Morgan fingerprint density at radius 2 is 1.92 bits per heavy atom. The lowest BCUT2D eigenvalue weighted by Gasteiger charge is -2.37. The fourth-order valence-electron chi connectivity index (χ4n) is 2.77. The van der Waals surface area contributed by atoms with Crippen molar-refractivity contribution in [2.75, 3.05) is 11.9 Å². The minimum atomic E-state index is -0.843. The predicted molar refractivity (Wildman–Crippen MR) is 90.6 cm³/mol. The maximum Gasteiger partial charge on any atom is 0.319 e. The van der Waals surface area contributed by atoms with Crippen LogP contribution in [0.4, 0.5) is 10.5 Å². The summed E-state index contributed by atoms with van der Waals surface area (Å²) in [4.78, 5) is 27.6. The standard InChI is InChI=1S/C18H19N3O3/c22-16(23)18(8-4-9-18)12-20-17(24)21-14-7-10-19-15(11-14)13-5-2-1-3-6-13/h1-3,5-7,10-11H,4,8-9,12H2,(H,22,23)(H2,19,20,21,24). The van der Waals surface area contributed by atoms with Crippen LogP contribution in [0.2, 0.25) is 0 Å². The van der Waals surface area contributed by atoms with Crippen LogP contribution in [0.1, 0.15) is 19.3 Å². The molecule has 1 aliphatic rings. The van der Waals surface area contributed by atoms with E-state index in [4.69, 9.17) is 0 Å². The van der Waals surface area contributed by atoms with Crippen LogP contribution in [-0.4, -0.2) is 28.6 Å². The van der Waals surface area contributed by atoms with E-state index in [1.165, 1.54) is 0 Å². The van der Waals surface area contributed by atoms with Gasteiger partial charge in [0.05, 0.1) is 11.1 Å². The number of hydrogen-bond acceptors (Lipinski definition) is 3. The summed E-state index contributed by atoms with van der Waals surface area (Å²) in [5.41, 5.74) is 1.53. The largest absolute Gasteiger partial charge is 0.481 e. The summed E-state index contributed by atoms with van der Waals surface area (Å²) in [6.07, 6.45) is 3.73. The minimum absolute atomic E-state index is 0.144. The average Bonchev–Trinajstić information content (AvgIpc) is 2.54. The molecular formula is C18H19N3O3. The molecule has 1 aliphatic carbocycles. The van der Waals surface area contributed by atoms with Crippen LogP contribution in [0.25, 0.3) is 11.3 Å². The first-order chi connectivity index (χ1) is 11.6. The van der Waals surface area contributed by atoms with Gasteiger partial charge in [-0.3, -0.25) is 9.78 Å². The Morgan fingerprint density at radius 3 is 2.54 bits per heavy atom. The van der Waals surface area contributed by atoms with Gasteiger partial charge in [0, 0.05) is 24.0 Å². The first-order valence-electron chi connectivity index (χ1n) is 7.89. The summed E-state index contributed by atoms with van der Waals surface area (Å²) >= 11 is 0. The van der Waals surface area contributed by atoms with Crippen LogP contribution in [0.3, 0.4) is 0 Å². The highest BCUT2D eigenvalue weighted by molar-refractivity contribution is 5.90. The molecule has 1 heterocycles. The lowest BCUT2D eigenvalue weighted by Crippen LogP contribution is -2.48. The summed E-state index contributed by atoms with van der Waals surface area (Å²) in [6, 6.07) is 12.7. The van der Waals surface area contributed by atoms with Crippen molar-refractivity contribution >= 4 is 17.7 Å². The lowest BCUT2D eigenvalue weighted by molar-refractivity contribution is -0.153. The second-order valence-electron chi connectivity index (χ2n) is 6.04. The lowest BCUT2D eigenvalue weighted by atomic mass is 9.69. The maximum atomic E-state index is 12.0. The quantitative estimate of drug-likeness (QED) is 0.787. The fourth-order valence-corrected chi connectivity index (χ4v) is 2.77. The Balaban J connectivity index is 1.62. The van der Waals surface area contributed by atoms with Gasteiger partial charge in [0.1, 0.15) is 0 Å². The zero-order valence-corrected chi connectivity index (χ0v) is 13.2. The first-order valence-corrected chi connectivity index (χ1v) is 7.89. The number of carbonyl (C=O) groups is 2. The minimum Gasteiger partial charge on any atom is -0.481 e. The number of benzene rings is 1. The molecule has 1 saturated carbocycles. The average molecular weight is 325 g/mol. The highest BCUT2D eigenvalue weighted by Gasteiger charge is 2.44. The number of aliphatic carboxylic acids is 1. The highest BCUT2D eigenvalue weighted by atomic mass is 16.4. The molecule has 0 aliphatic heterocycles. The Labute approximate surface area is 139 Å². The van der Waals surface area contributed by atoms with Gasteiger partial charge in [0.2, 0.25) is 0 Å². The Morgan fingerprint density at radius 1 is 1.17 bits per heavy atom. The van der Waals surface area contributed by atoms with Crippen molar-refractivity contribution in [3.05, 3.63) is 48.7 Å². The predicted octanol–water partition coefficient (Wildman–Crippen LogP) is 3.13. The van der Waals surface area contributed by atoms with Gasteiger partial charge in [-0.15, -0.1) is 0 Å². The SMILES string of the molecule is O=C(NCC1(C(=O)O)CCC1)Nc1ccnc(-c2ccccc2)c1. The molecule has 0 atom stereocenters. The molecular weight excluding hydrogens is 306 g/mol. The smallest absolute Gasteiger partial charge is 0.319 e. The van der Waals surface area contributed by atoms with Gasteiger partial charge in [-0.05, 0) is 25.0 Å². The van der Waals surface area contributed by atoms with E-state index in [-0.39, 0.29) is 6.54 Å². The molecule has 124 valence electrons. The molecule has 1 aromatic heterocycles. The zero-order valence-electron chi connectivity index (χ0n) is 13.2. The van der Waals surface area contributed by atoms with Gasteiger partial charge < -0.3 is 15.7 Å². The number of amides is 2. The molecule has 0 spiro atoms. The van der Waals surface area contributed by atoms with Crippen molar-refractivity contribution < 1.29 is 14.7 Å². The number of carboxylic acids is 1. The molecule has 2 aromatic rings. The zero-order chi connectivity index (χ0) is 17.0. The van der Waals surface area contributed by atoms with E-state index >= 15 is 0 Å². The van der Waals surface area contributed by atoms with E-state index in [2.05, 4.69) is 15.6 Å². The number of carbonyl (C=O) groups excluding carboxylic acids is 1. The normalized spacial score (nSPS) is 15.2. The molecule has 0 radical (unpaired) electrons. The summed E-state index contributed by atoms with van der Waals surface area (Å²) in [6.45, 7) is 0.144. The van der Waals surface area contributed by atoms with Crippen LogP contribution in [0.15, 0.2) is 48.7 Å². The second kappa shape index (κ2) is 6.70. The van der Waals surface area contributed by atoms with Crippen molar-refractivity contribution in [1.29, 1.82) is 0 Å². The molecule has 0 unspecified atom stereocenters. The molecule has 6 heteroatoms. The van der Waals surface area contributed by atoms with Crippen molar-refractivity contribution in [3.8, 4) is 11.3 Å². The van der Waals surface area contributed by atoms with Gasteiger partial charge >= 0.3 is 12.0 Å². The summed E-state index contributed by atoms with van der Waals surface area (Å²) < 4.78 is 0. The maximum absolute atomic E-state index is 12.0. The number of pyridine rings is 1. The Kier molecular flexibility index (Phi) is 4.46. The molecule has 0 bridgehead atoms. The number of carboxylic acid groups (broad SMARTS) is 1. The number of nitrogens with zero attached hydrogens (tertiary/aromatic N) is 1. The number of hydrogen-bond donors (Lipinski definition) is 3. The third-order valence-corrected chi connectivity index (χ3v) is 4.44. The van der Waals surface area contributed by atoms with Gasteiger partial charge in [0.25, 0.3) is 0 Å². The van der Waals surface area contributed by atoms with Crippen LogP contribution in [0.5, 0.6) is 0 Å². The van der Waals surface area contributed by atoms with Crippen LogP contribution in [0, 0.1) is 5.41 Å². The van der Waals surface area contributed by atoms with E-state index in [1.807, 2.05) is 30.3 Å². The topological polar surface area (TPSA) is 91.3 Å². The van der Waals surface area contributed by atoms with Crippen LogP contribution >= 0.6 is 0 Å². The fraction of sp³-hybridized carbons (Fsp3) is 0.278. The Hall–Kier alpha value is -2.89. The van der Waals surface area contributed by atoms with E-state index in [0.29, 0.717) is 18.5 Å². The molecule has 1 fully saturated rings. The number of aromatic nitrogens is 1. The monoisotopic (exact) mass is 325 g/mol.